The number of amides is 2. The Morgan fingerprint density at radius 2 is 1.62 bits per heavy atom. The summed E-state index contributed by atoms with van der Waals surface area (Å²) in [7, 11) is 1.57. The van der Waals surface area contributed by atoms with Crippen molar-refractivity contribution in [3.8, 4) is 5.75 Å². The number of para-hydroxylation sites is 1. The zero-order chi connectivity index (χ0) is 22.8. The molecule has 0 bridgehead atoms. The molecular formula is C26H23ClN2O3. The molecular weight excluding hydrogens is 424 g/mol. The summed E-state index contributed by atoms with van der Waals surface area (Å²) in [5.74, 6) is -0.125. The number of imide groups is 1. The zero-order valence-electron chi connectivity index (χ0n) is 18.1. The van der Waals surface area contributed by atoms with Crippen LogP contribution in [0.1, 0.15) is 22.3 Å². The molecule has 1 N–H and O–H groups in total. The molecule has 0 atom stereocenters. The number of rotatable bonds is 6. The Labute approximate surface area is 192 Å². The van der Waals surface area contributed by atoms with Gasteiger partial charge in [-0.25, -0.2) is 0 Å². The van der Waals surface area contributed by atoms with Crippen LogP contribution in [-0.4, -0.2) is 23.8 Å². The summed E-state index contributed by atoms with van der Waals surface area (Å²) >= 11 is 6.05. The predicted octanol–water partition coefficient (Wildman–Crippen LogP) is 5.36. The molecule has 4 rings (SSSR count). The van der Waals surface area contributed by atoms with Gasteiger partial charge in [-0.2, -0.15) is 0 Å². The fourth-order valence-electron chi connectivity index (χ4n) is 3.75. The molecule has 0 aliphatic carbocycles. The van der Waals surface area contributed by atoms with Crippen molar-refractivity contribution in [1.29, 1.82) is 0 Å². The summed E-state index contributed by atoms with van der Waals surface area (Å²) in [5.41, 5.74) is 4.84. The minimum Gasteiger partial charge on any atom is -0.496 e. The normalized spacial score (nSPS) is 13.7. The van der Waals surface area contributed by atoms with Gasteiger partial charge in [-0.15, -0.1) is 0 Å². The van der Waals surface area contributed by atoms with E-state index < -0.39 is 0 Å². The van der Waals surface area contributed by atoms with E-state index in [-0.39, 0.29) is 24.1 Å². The second-order valence-corrected chi connectivity index (χ2v) is 8.07. The number of nitrogens with zero attached hydrogens (tertiary/aromatic N) is 1. The van der Waals surface area contributed by atoms with Crippen LogP contribution >= 0.6 is 11.6 Å². The van der Waals surface area contributed by atoms with E-state index in [0.717, 1.165) is 22.4 Å². The molecule has 32 heavy (non-hydrogen) atoms. The average molecular weight is 447 g/mol. The van der Waals surface area contributed by atoms with Gasteiger partial charge in [0.25, 0.3) is 11.8 Å². The highest BCUT2D eigenvalue weighted by molar-refractivity contribution is 6.36. The van der Waals surface area contributed by atoms with Crippen LogP contribution in [-0.2, 0) is 16.1 Å². The van der Waals surface area contributed by atoms with Crippen molar-refractivity contribution < 1.29 is 14.3 Å². The van der Waals surface area contributed by atoms with E-state index in [1.807, 2.05) is 56.3 Å². The molecule has 0 unspecified atom stereocenters. The van der Waals surface area contributed by atoms with Gasteiger partial charge in [0.2, 0.25) is 0 Å². The Bertz CT molecular complexity index is 1230. The molecule has 3 aromatic carbocycles. The maximum atomic E-state index is 13.5. The molecule has 0 radical (unpaired) electrons. The van der Waals surface area contributed by atoms with Gasteiger partial charge in [0.15, 0.2) is 0 Å². The van der Waals surface area contributed by atoms with Crippen molar-refractivity contribution in [2.75, 3.05) is 12.4 Å². The second kappa shape index (κ2) is 8.89. The van der Waals surface area contributed by atoms with Crippen LogP contribution in [0.15, 0.2) is 72.4 Å². The first-order valence-corrected chi connectivity index (χ1v) is 10.6. The van der Waals surface area contributed by atoms with Crippen LogP contribution in [0.3, 0.4) is 0 Å². The van der Waals surface area contributed by atoms with Crippen molar-refractivity contribution in [2.24, 2.45) is 0 Å². The summed E-state index contributed by atoms with van der Waals surface area (Å²) in [6.45, 7) is 4.09. The maximum Gasteiger partial charge on any atom is 0.278 e. The van der Waals surface area contributed by atoms with Crippen molar-refractivity contribution >= 4 is 34.7 Å². The summed E-state index contributed by atoms with van der Waals surface area (Å²) < 4.78 is 5.41. The molecule has 1 aliphatic heterocycles. The van der Waals surface area contributed by atoms with Gasteiger partial charge >= 0.3 is 0 Å². The monoisotopic (exact) mass is 446 g/mol. The second-order valence-electron chi connectivity index (χ2n) is 7.64. The largest absolute Gasteiger partial charge is 0.496 e. The van der Waals surface area contributed by atoms with E-state index in [1.54, 1.807) is 31.4 Å². The molecule has 162 valence electrons. The highest BCUT2D eigenvalue weighted by Crippen LogP contribution is 2.34. The Morgan fingerprint density at radius 3 is 2.34 bits per heavy atom. The molecule has 3 aromatic rings. The number of methoxy groups -OCH3 is 1. The van der Waals surface area contributed by atoms with Crippen LogP contribution in [0.5, 0.6) is 5.75 Å². The molecule has 1 heterocycles. The number of benzene rings is 3. The summed E-state index contributed by atoms with van der Waals surface area (Å²) in [6.07, 6.45) is 0. The van der Waals surface area contributed by atoms with Crippen LogP contribution in [0.4, 0.5) is 5.69 Å². The van der Waals surface area contributed by atoms with E-state index in [0.29, 0.717) is 21.9 Å². The lowest BCUT2D eigenvalue weighted by Gasteiger charge is -2.17. The lowest BCUT2D eigenvalue weighted by Crippen LogP contribution is -2.32. The van der Waals surface area contributed by atoms with Gasteiger partial charge in [-0.3, -0.25) is 14.5 Å². The lowest BCUT2D eigenvalue weighted by atomic mass is 10.0. The number of anilines is 1. The highest BCUT2D eigenvalue weighted by atomic mass is 35.5. The molecule has 5 nitrogen and oxygen atoms in total. The first-order chi connectivity index (χ1) is 15.4. The number of carbonyl (C=O) groups is 2. The van der Waals surface area contributed by atoms with Crippen LogP contribution in [0.2, 0.25) is 5.02 Å². The maximum absolute atomic E-state index is 13.5. The minimum atomic E-state index is -0.383. The van der Waals surface area contributed by atoms with Gasteiger partial charge in [-0.1, -0.05) is 54.1 Å². The number of aryl methyl sites for hydroxylation is 1. The molecule has 1 aliphatic rings. The number of carbonyl (C=O) groups excluding carboxylic acids is 2. The SMILES string of the molecule is COc1ccccc1CN1C(=O)C(Nc2cccc(C)c2C)=C(c2ccc(Cl)cc2)C1=O. The molecule has 0 spiro atoms. The third-order valence-corrected chi connectivity index (χ3v) is 5.94. The molecule has 0 fully saturated rings. The number of hydrogen-bond acceptors (Lipinski definition) is 4. The van der Waals surface area contributed by atoms with E-state index in [1.165, 1.54) is 4.90 Å². The fraction of sp³-hybridized carbons (Fsp3) is 0.154. The summed E-state index contributed by atoms with van der Waals surface area (Å²) in [5, 5.41) is 3.80. The Balaban J connectivity index is 1.78. The Kier molecular flexibility index (Phi) is 6.01. The summed E-state index contributed by atoms with van der Waals surface area (Å²) in [4.78, 5) is 28.2. The third-order valence-electron chi connectivity index (χ3n) is 5.69. The van der Waals surface area contributed by atoms with E-state index >= 15 is 0 Å². The molecule has 0 aromatic heterocycles. The van der Waals surface area contributed by atoms with Gasteiger partial charge in [0, 0.05) is 16.3 Å². The summed E-state index contributed by atoms with van der Waals surface area (Å²) in [6, 6.07) is 20.1. The molecule has 2 amide bonds. The van der Waals surface area contributed by atoms with Crippen molar-refractivity contribution in [3.05, 3.63) is 99.7 Å². The van der Waals surface area contributed by atoms with Crippen LogP contribution in [0, 0.1) is 13.8 Å². The number of halogens is 1. The van der Waals surface area contributed by atoms with Gasteiger partial charge in [0.05, 0.1) is 19.2 Å². The topological polar surface area (TPSA) is 58.6 Å². The van der Waals surface area contributed by atoms with Gasteiger partial charge in [0.1, 0.15) is 11.4 Å². The fourth-order valence-corrected chi connectivity index (χ4v) is 3.87. The zero-order valence-corrected chi connectivity index (χ0v) is 18.9. The molecule has 0 saturated heterocycles. The predicted molar refractivity (Wildman–Crippen MR) is 126 cm³/mol. The third kappa shape index (κ3) is 3.99. The molecule has 6 heteroatoms. The van der Waals surface area contributed by atoms with Gasteiger partial charge < -0.3 is 10.1 Å². The van der Waals surface area contributed by atoms with Crippen LogP contribution in [0.25, 0.3) is 5.57 Å². The standard InChI is InChI=1S/C26H23ClN2O3/c1-16-7-6-9-21(17(16)2)28-24-23(18-11-13-20(27)14-12-18)25(30)29(26(24)31)15-19-8-4-5-10-22(19)32-3/h4-14,28H,15H2,1-3H3. The highest BCUT2D eigenvalue weighted by Gasteiger charge is 2.39. The Hall–Kier alpha value is -3.57. The Morgan fingerprint density at radius 1 is 0.906 bits per heavy atom. The number of nitrogens with one attached hydrogen (secondary N) is 1. The number of hydrogen-bond donors (Lipinski definition) is 1. The van der Waals surface area contributed by atoms with Crippen molar-refractivity contribution in [3.63, 3.8) is 0 Å². The van der Waals surface area contributed by atoms with E-state index in [4.69, 9.17) is 16.3 Å². The van der Waals surface area contributed by atoms with Crippen molar-refractivity contribution in [2.45, 2.75) is 20.4 Å². The van der Waals surface area contributed by atoms with E-state index in [9.17, 15) is 9.59 Å². The average Bonchev–Trinajstić information content (AvgIpc) is 3.02. The van der Waals surface area contributed by atoms with Crippen LogP contribution < -0.4 is 10.1 Å². The lowest BCUT2D eigenvalue weighted by molar-refractivity contribution is -0.137. The van der Waals surface area contributed by atoms with Gasteiger partial charge in [-0.05, 0) is 54.8 Å². The first-order valence-electron chi connectivity index (χ1n) is 10.2. The quantitative estimate of drug-likeness (QED) is 0.518. The van der Waals surface area contributed by atoms with Crippen molar-refractivity contribution in [1.82, 2.24) is 4.90 Å². The smallest absolute Gasteiger partial charge is 0.278 e. The minimum absolute atomic E-state index is 0.108. The molecule has 0 saturated carbocycles. The number of ether oxygens (including phenoxy) is 1. The van der Waals surface area contributed by atoms with E-state index in [2.05, 4.69) is 5.32 Å². The first kappa shape index (κ1) is 21.7.